The maximum Gasteiger partial charge on any atom is 0 e. The normalized spacial score (nSPS) is 9.76. The Morgan fingerprint density at radius 1 is 0.680 bits per heavy atom. The molecular weight excluding hydrogens is 377 g/mol. The Kier molecular flexibility index (Phi) is 16.6. The van der Waals surface area contributed by atoms with Gasteiger partial charge in [0.05, 0.1) is 0 Å². The standard InChI is InChI=1S/C12H16.C10H12.H4P2.V/c1-5-6-12-8-10(3)9(2)7-11(12)4;1-3-4-10-7-5-9(2)6-8-10;1-2;/h5-8H,1-4H3;3-8H,1-2H3;1-2H2;/b6-5+;4-3+;;. The monoisotopic (exact) mass is 409 g/mol. The van der Waals surface area contributed by atoms with Gasteiger partial charge in [0.25, 0.3) is 0 Å². The van der Waals surface area contributed by atoms with Crippen molar-refractivity contribution in [2.24, 2.45) is 0 Å². The summed E-state index contributed by atoms with van der Waals surface area (Å²) in [5, 5.41) is 0. The molecule has 2 rings (SSSR count). The fourth-order valence-electron chi connectivity index (χ4n) is 2.21. The second kappa shape index (κ2) is 15.6. The molecule has 0 heterocycles. The van der Waals surface area contributed by atoms with Crippen LogP contribution in [-0.2, 0) is 18.6 Å². The van der Waals surface area contributed by atoms with E-state index in [1.165, 1.54) is 33.4 Å². The number of benzene rings is 2. The molecule has 0 N–H and O–H groups in total. The molecule has 2 aromatic carbocycles. The molecule has 2 unspecified atom stereocenters. The van der Waals surface area contributed by atoms with Crippen LogP contribution in [0.15, 0.2) is 48.6 Å². The van der Waals surface area contributed by atoms with Crippen LogP contribution in [0.2, 0.25) is 0 Å². The van der Waals surface area contributed by atoms with Crippen LogP contribution in [0.3, 0.4) is 0 Å². The molecule has 0 saturated heterocycles. The quantitative estimate of drug-likeness (QED) is 0.456. The van der Waals surface area contributed by atoms with E-state index in [1.807, 2.05) is 13.0 Å². The van der Waals surface area contributed by atoms with Gasteiger partial charge in [-0.1, -0.05) is 66.3 Å². The Balaban J connectivity index is 0. The van der Waals surface area contributed by atoms with Crippen LogP contribution >= 0.6 is 17.9 Å². The molecule has 0 aliphatic carbocycles. The minimum atomic E-state index is 0. The summed E-state index contributed by atoms with van der Waals surface area (Å²) in [5.74, 6) is 0. The first-order valence-corrected chi connectivity index (χ1v) is 10.9. The van der Waals surface area contributed by atoms with Crippen molar-refractivity contribution in [3.63, 3.8) is 0 Å². The zero-order valence-corrected chi connectivity index (χ0v) is 20.1. The van der Waals surface area contributed by atoms with Crippen molar-refractivity contribution in [3.05, 3.63) is 81.9 Å². The minimum Gasteiger partial charge on any atom is -0.118 e. The molecule has 2 aromatic rings. The van der Waals surface area contributed by atoms with E-state index >= 15 is 0 Å². The third kappa shape index (κ3) is 10.8. The fourth-order valence-corrected chi connectivity index (χ4v) is 2.21. The number of allylic oxidation sites excluding steroid dienone is 2. The predicted molar refractivity (Wildman–Crippen MR) is 121 cm³/mol. The molecule has 1 radical (unpaired) electrons. The minimum absolute atomic E-state index is 0. The van der Waals surface area contributed by atoms with E-state index in [9.17, 15) is 0 Å². The van der Waals surface area contributed by atoms with E-state index in [4.69, 9.17) is 0 Å². The summed E-state index contributed by atoms with van der Waals surface area (Å²) in [6, 6.07) is 13.0. The first kappa shape index (κ1) is 26.6. The summed E-state index contributed by atoms with van der Waals surface area (Å²) < 4.78 is 0. The van der Waals surface area contributed by atoms with Crippen LogP contribution in [0.1, 0.15) is 47.2 Å². The van der Waals surface area contributed by atoms with Crippen molar-refractivity contribution in [3.8, 4) is 0 Å². The van der Waals surface area contributed by atoms with Crippen LogP contribution < -0.4 is 0 Å². The maximum absolute atomic E-state index is 2.33. The number of hydrogen-bond acceptors (Lipinski definition) is 0. The fraction of sp³-hybridized carbons (Fsp3) is 0.273. The van der Waals surface area contributed by atoms with Gasteiger partial charge in [-0.3, -0.25) is 0 Å². The van der Waals surface area contributed by atoms with Crippen molar-refractivity contribution < 1.29 is 18.6 Å². The third-order valence-corrected chi connectivity index (χ3v) is 3.67. The van der Waals surface area contributed by atoms with Gasteiger partial charge in [0.1, 0.15) is 0 Å². The average molecular weight is 409 g/mol. The Labute approximate surface area is 171 Å². The van der Waals surface area contributed by atoms with E-state index < -0.39 is 0 Å². The van der Waals surface area contributed by atoms with Crippen molar-refractivity contribution in [2.75, 3.05) is 0 Å². The largest absolute Gasteiger partial charge is 0.118 e. The van der Waals surface area contributed by atoms with Gasteiger partial charge < -0.3 is 0 Å². The molecule has 3 heteroatoms. The van der Waals surface area contributed by atoms with Crippen LogP contribution in [0.4, 0.5) is 0 Å². The summed E-state index contributed by atoms with van der Waals surface area (Å²) in [7, 11) is 4.67. The molecule has 0 bridgehead atoms. The molecule has 2 atom stereocenters. The summed E-state index contributed by atoms with van der Waals surface area (Å²) >= 11 is 0. The van der Waals surface area contributed by atoms with Gasteiger partial charge in [0.2, 0.25) is 0 Å². The second-order valence-electron chi connectivity index (χ2n) is 5.70. The SMILES string of the molecule is C/C=C/c1cc(C)c(C)cc1C.C/C=C/c1ccc(C)cc1.PP.[V]. The van der Waals surface area contributed by atoms with Crippen molar-refractivity contribution >= 4 is 30.0 Å². The van der Waals surface area contributed by atoms with E-state index in [0.29, 0.717) is 0 Å². The first-order chi connectivity index (χ1) is 11.5. The topological polar surface area (TPSA) is 0 Å². The van der Waals surface area contributed by atoms with Gasteiger partial charge in [-0.25, -0.2) is 0 Å². The van der Waals surface area contributed by atoms with Crippen molar-refractivity contribution in [1.29, 1.82) is 0 Å². The van der Waals surface area contributed by atoms with Gasteiger partial charge in [0.15, 0.2) is 0 Å². The summed E-state index contributed by atoms with van der Waals surface area (Å²) in [6.07, 6.45) is 8.38. The number of rotatable bonds is 2. The van der Waals surface area contributed by atoms with E-state index in [0.717, 1.165) is 0 Å². The Morgan fingerprint density at radius 2 is 1.16 bits per heavy atom. The van der Waals surface area contributed by atoms with Gasteiger partial charge in [0, 0.05) is 18.6 Å². The van der Waals surface area contributed by atoms with Crippen LogP contribution in [-0.4, -0.2) is 0 Å². The molecule has 0 aromatic heterocycles. The van der Waals surface area contributed by atoms with Crippen LogP contribution in [0, 0.1) is 27.7 Å². The van der Waals surface area contributed by atoms with Gasteiger partial charge in [-0.15, -0.1) is 17.9 Å². The molecule has 0 aliphatic rings. The Hall–Kier alpha value is -0.636. The van der Waals surface area contributed by atoms with Gasteiger partial charge in [-0.2, -0.15) is 0 Å². The summed E-state index contributed by atoms with van der Waals surface area (Å²) in [5.41, 5.74) is 8.02. The molecule has 25 heavy (non-hydrogen) atoms. The smallest absolute Gasteiger partial charge is 0 e. The van der Waals surface area contributed by atoms with E-state index in [-0.39, 0.29) is 18.6 Å². The molecule has 0 saturated carbocycles. The average Bonchev–Trinajstić information content (AvgIpc) is 2.58. The zero-order chi connectivity index (χ0) is 18.5. The molecule has 0 amide bonds. The van der Waals surface area contributed by atoms with Crippen molar-refractivity contribution in [2.45, 2.75) is 41.5 Å². The van der Waals surface area contributed by atoms with Crippen LogP contribution in [0.25, 0.3) is 12.2 Å². The maximum atomic E-state index is 2.33. The predicted octanol–water partition coefficient (Wildman–Crippen LogP) is 7.32. The van der Waals surface area contributed by atoms with Crippen LogP contribution in [0.5, 0.6) is 0 Å². The number of aryl methyl sites for hydroxylation is 4. The molecule has 135 valence electrons. The molecular formula is C22H32P2V. The molecule has 0 nitrogen and oxygen atoms in total. The summed E-state index contributed by atoms with van der Waals surface area (Å²) in [4.78, 5) is 0. The summed E-state index contributed by atoms with van der Waals surface area (Å²) in [6.45, 7) is 12.6. The molecule has 0 spiro atoms. The molecule has 0 fully saturated rings. The zero-order valence-electron chi connectivity index (χ0n) is 16.4. The molecule has 0 aliphatic heterocycles. The van der Waals surface area contributed by atoms with E-state index in [1.54, 1.807) is 0 Å². The van der Waals surface area contributed by atoms with Gasteiger partial charge >= 0.3 is 0 Å². The first-order valence-electron chi connectivity index (χ1n) is 8.21. The Morgan fingerprint density at radius 3 is 1.64 bits per heavy atom. The van der Waals surface area contributed by atoms with Gasteiger partial charge in [-0.05, 0) is 69.4 Å². The second-order valence-corrected chi connectivity index (χ2v) is 5.70. The Bertz CT molecular complexity index is 656. The third-order valence-electron chi connectivity index (χ3n) is 3.67. The van der Waals surface area contributed by atoms with Crippen molar-refractivity contribution in [1.82, 2.24) is 0 Å². The number of hydrogen-bond donors (Lipinski definition) is 0. The van der Waals surface area contributed by atoms with E-state index in [2.05, 4.69) is 107 Å².